The summed E-state index contributed by atoms with van der Waals surface area (Å²) in [6.07, 6.45) is 5.64. The molecule has 4 aromatic heterocycles. The Kier molecular flexibility index (Phi) is 4.88. The van der Waals surface area contributed by atoms with Crippen molar-refractivity contribution in [3.05, 3.63) is 61.1 Å². The van der Waals surface area contributed by atoms with E-state index in [1.165, 1.54) is 0 Å². The van der Waals surface area contributed by atoms with Crippen molar-refractivity contribution in [1.29, 1.82) is 0 Å². The monoisotopic (exact) mass is 451 g/mol. The third-order valence-electron chi connectivity index (χ3n) is 6.89. The summed E-state index contributed by atoms with van der Waals surface area (Å²) in [6.45, 7) is 10.9. The maximum absolute atomic E-state index is 4.69. The molecule has 172 valence electrons. The second-order valence-electron chi connectivity index (χ2n) is 10.0. The van der Waals surface area contributed by atoms with Gasteiger partial charge < -0.3 is 9.88 Å². The second kappa shape index (κ2) is 7.95. The minimum atomic E-state index is 0.207. The average molecular weight is 452 g/mol. The van der Waals surface area contributed by atoms with Gasteiger partial charge in [0.05, 0.1) is 11.7 Å². The molecule has 1 aliphatic rings. The summed E-state index contributed by atoms with van der Waals surface area (Å²) in [6, 6.07) is 14.9. The smallest absolute Gasteiger partial charge is 0.138 e. The second-order valence-corrected chi connectivity index (χ2v) is 10.0. The van der Waals surface area contributed by atoms with Crippen molar-refractivity contribution >= 4 is 27.8 Å². The molecule has 1 aromatic carbocycles. The van der Waals surface area contributed by atoms with Gasteiger partial charge in [-0.2, -0.15) is 5.10 Å². The Morgan fingerprint density at radius 3 is 2.50 bits per heavy atom. The van der Waals surface area contributed by atoms with E-state index in [0.717, 1.165) is 76.3 Å². The van der Waals surface area contributed by atoms with Gasteiger partial charge in [0.25, 0.3) is 0 Å². The van der Waals surface area contributed by atoms with Crippen LogP contribution in [0.4, 0.5) is 5.82 Å². The summed E-state index contributed by atoms with van der Waals surface area (Å²) < 4.78 is 0. The van der Waals surface area contributed by atoms with E-state index in [-0.39, 0.29) is 5.54 Å². The lowest BCUT2D eigenvalue weighted by molar-refractivity contribution is 0.128. The van der Waals surface area contributed by atoms with E-state index in [0.29, 0.717) is 0 Å². The maximum Gasteiger partial charge on any atom is 0.138 e. The van der Waals surface area contributed by atoms with Crippen LogP contribution >= 0.6 is 0 Å². The molecule has 0 spiro atoms. The third kappa shape index (κ3) is 3.72. The minimum Gasteiger partial charge on any atom is -0.354 e. The number of nitrogens with one attached hydrogen (secondary N) is 2. The lowest BCUT2D eigenvalue weighted by atomic mass is 10.0. The number of fused-ring (bicyclic) bond motifs is 2. The van der Waals surface area contributed by atoms with Crippen molar-refractivity contribution in [2.75, 3.05) is 31.1 Å². The average Bonchev–Trinajstić information content (AvgIpc) is 3.50. The SMILES string of the molecule is CC(C)(C)N1CCN(c2cc(-c3cc4c(-c5ccc6[nH]ncc6c5)ccnc4[nH]3)ccn2)CC1. The van der Waals surface area contributed by atoms with Gasteiger partial charge in [0.1, 0.15) is 11.5 Å². The van der Waals surface area contributed by atoms with Crippen LogP contribution in [-0.4, -0.2) is 61.8 Å². The number of anilines is 1. The molecular weight excluding hydrogens is 422 g/mol. The van der Waals surface area contributed by atoms with Gasteiger partial charge in [-0.1, -0.05) is 6.07 Å². The summed E-state index contributed by atoms with van der Waals surface area (Å²) >= 11 is 0. The molecule has 2 N–H and O–H groups in total. The number of piperazine rings is 1. The van der Waals surface area contributed by atoms with Gasteiger partial charge in [0.2, 0.25) is 0 Å². The molecule has 0 radical (unpaired) electrons. The van der Waals surface area contributed by atoms with Gasteiger partial charge in [-0.25, -0.2) is 9.97 Å². The molecule has 5 aromatic rings. The van der Waals surface area contributed by atoms with Crippen molar-refractivity contribution in [2.24, 2.45) is 0 Å². The molecule has 0 unspecified atom stereocenters. The highest BCUT2D eigenvalue weighted by Gasteiger charge is 2.26. The predicted octanol–water partition coefficient (Wildman–Crippen LogP) is 5.09. The molecule has 0 amide bonds. The molecule has 1 aliphatic heterocycles. The van der Waals surface area contributed by atoms with Crippen LogP contribution in [-0.2, 0) is 0 Å². The zero-order chi connectivity index (χ0) is 23.3. The van der Waals surface area contributed by atoms with Crippen LogP contribution in [0.5, 0.6) is 0 Å². The highest BCUT2D eigenvalue weighted by Crippen LogP contribution is 2.33. The fourth-order valence-electron chi connectivity index (χ4n) is 4.91. The van der Waals surface area contributed by atoms with Crippen molar-refractivity contribution in [2.45, 2.75) is 26.3 Å². The highest BCUT2D eigenvalue weighted by atomic mass is 15.3. The Morgan fingerprint density at radius 1 is 0.853 bits per heavy atom. The number of hydrogen-bond acceptors (Lipinski definition) is 5. The third-order valence-corrected chi connectivity index (χ3v) is 6.89. The van der Waals surface area contributed by atoms with Crippen LogP contribution in [0.25, 0.3) is 44.3 Å². The van der Waals surface area contributed by atoms with Gasteiger partial charge in [-0.3, -0.25) is 10.00 Å². The number of H-pyrrole nitrogens is 2. The van der Waals surface area contributed by atoms with Crippen LogP contribution in [0, 0.1) is 0 Å². The molecule has 0 atom stereocenters. The van der Waals surface area contributed by atoms with Gasteiger partial charge >= 0.3 is 0 Å². The number of aromatic amines is 2. The molecule has 1 saturated heterocycles. The number of rotatable bonds is 3. The first-order chi connectivity index (χ1) is 16.5. The fraction of sp³-hybridized carbons (Fsp3) is 0.296. The van der Waals surface area contributed by atoms with E-state index >= 15 is 0 Å². The summed E-state index contributed by atoms with van der Waals surface area (Å²) in [5.41, 5.74) is 6.61. The minimum absolute atomic E-state index is 0.207. The zero-order valence-corrected chi connectivity index (χ0v) is 19.8. The number of nitrogens with zero attached hydrogens (tertiary/aromatic N) is 5. The molecule has 34 heavy (non-hydrogen) atoms. The Morgan fingerprint density at radius 2 is 1.68 bits per heavy atom. The standard InChI is InChI=1S/C27H29N7/c1-27(2,3)34-12-10-33(11-13-34)25-15-19(6-8-28-25)24-16-22-21(7-9-29-26(22)31-24)18-4-5-23-20(14-18)17-30-32-23/h4-9,14-17H,10-13H2,1-3H3,(H,29,31)(H,30,32). The van der Waals surface area contributed by atoms with Crippen LogP contribution in [0.3, 0.4) is 0 Å². The molecular formula is C27H29N7. The molecule has 5 heterocycles. The molecule has 1 fully saturated rings. The van der Waals surface area contributed by atoms with Gasteiger partial charge in [-0.15, -0.1) is 0 Å². The number of benzene rings is 1. The topological polar surface area (TPSA) is 76.7 Å². The lowest BCUT2D eigenvalue weighted by Crippen LogP contribution is -2.53. The normalized spacial score (nSPS) is 15.4. The molecule has 7 nitrogen and oxygen atoms in total. The highest BCUT2D eigenvalue weighted by molar-refractivity contribution is 5.98. The van der Waals surface area contributed by atoms with Crippen molar-refractivity contribution in [3.8, 4) is 22.4 Å². The Balaban J connectivity index is 1.32. The van der Waals surface area contributed by atoms with Gasteiger partial charge in [0.15, 0.2) is 0 Å². The van der Waals surface area contributed by atoms with Crippen molar-refractivity contribution in [1.82, 2.24) is 30.0 Å². The largest absolute Gasteiger partial charge is 0.354 e. The summed E-state index contributed by atoms with van der Waals surface area (Å²) in [5, 5.41) is 9.38. The van der Waals surface area contributed by atoms with E-state index in [2.05, 4.69) is 98.2 Å². The summed E-state index contributed by atoms with van der Waals surface area (Å²) in [4.78, 5) is 17.7. The molecule has 0 saturated carbocycles. The number of aromatic nitrogens is 5. The zero-order valence-electron chi connectivity index (χ0n) is 19.8. The summed E-state index contributed by atoms with van der Waals surface area (Å²) in [7, 11) is 0. The fourth-order valence-corrected chi connectivity index (χ4v) is 4.91. The van der Waals surface area contributed by atoms with E-state index in [4.69, 9.17) is 0 Å². The lowest BCUT2D eigenvalue weighted by Gasteiger charge is -2.42. The number of pyridine rings is 2. The van der Waals surface area contributed by atoms with Crippen LogP contribution < -0.4 is 4.90 Å². The van der Waals surface area contributed by atoms with Gasteiger partial charge in [-0.05, 0) is 68.3 Å². The number of hydrogen-bond donors (Lipinski definition) is 2. The van der Waals surface area contributed by atoms with E-state index in [9.17, 15) is 0 Å². The van der Waals surface area contributed by atoms with Gasteiger partial charge in [0, 0.05) is 66.1 Å². The van der Waals surface area contributed by atoms with Crippen LogP contribution in [0.15, 0.2) is 61.1 Å². The van der Waals surface area contributed by atoms with E-state index < -0.39 is 0 Å². The molecule has 0 bridgehead atoms. The molecule has 0 aliphatic carbocycles. The van der Waals surface area contributed by atoms with Crippen molar-refractivity contribution < 1.29 is 0 Å². The Hall–Kier alpha value is -3.71. The van der Waals surface area contributed by atoms with Crippen molar-refractivity contribution in [3.63, 3.8) is 0 Å². The summed E-state index contributed by atoms with van der Waals surface area (Å²) in [5.74, 6) is 1.03. The van der Waals surface area contributed by atoms with Crippen LogP contribution in [0.2, 0.25) is 0 Å². The first kappa shape index (κ1) is 20.9. The Labute approximate surface area is 198 Å². The quantitative estimate of drug-likeness (QED) is 0.400. The van der Waals surface area contributed by atoms with E-state index in [1.54, 1.807) is 0 Å². The van der Waals surface area contributed by atoms with E-state index in [1.807, 2.05) is 18.6 Å². The first-order valence-corrected chi connectivity index (χ1v) is 11.8. The molecule has 7 heteroatoms. The maximum atomic E-state index is 4.69. The molecule has 6 rings (SSSR count). The predicted molar refractivity (Wildman–Crippen MR) is 138 cm³/mol. The Bertz CT molecular complexity index is 1470. The first-order valence-electron chi connectivity index (χ1n) is 11.8. The van der Waals surface area contributed by atoms with Crippen LogP contribution in [0.1, 0.15) is 20.8 Å².